The highest BCUT2D eigenvalue weighted by Crippen LogP contribution is 2.58. The van der Waals surface area contributed by atoms with E-state index in [0.29, 0.717) is 0 Å². The van der Waals surface area contributed by atoms with E-state index in [1.54, 1.807) is 0 Å². The summed E-state index contributed by atoms with van der Waals surface area (Å²) in [4.78, 5) is 2.44. The van der Waals surface area contributed by atoms with Gasteiger partial charge in [-0.15, -0.1) is 0 Å². The van der Waals surface area contributed by atoms with Crippen molar-refractivity contribution in [2.45, 2.75) is 10.8 Å². The van der Waals surface area contributed by atoms with Gasteiger partial charge < -0.3 is 4.90 Å². The van der Waals surface area contributed by atoms with Crippen molar-refractivity contribution in [1.82, 2.24) is 0 Å². The summed E-state index contributed by atoms with van der Waals surface area (Å²) in [6.07, 6.45) is 0. The average molecular weight is 878 g/mol. The number of rotatable bonds is 9. The van der Waals surface area contributed by atoms with Crippen molar-refractivity contribution >= 4 is 17.1 Å². The Kier molecular flexibility index (Phi) is 9.70. The van der Waals surface area contributed by atoms with Crippen LogP contribution in [-0.2, 0) is 10.8 Å². The van der Waals surface area contributed by atoms with Crippen molar-refractivity contribution in [2.75, 3.05) is 4.90 Å². The molecule has 0 radical (unpaired) electrons. The second-order valence-corrected chi connectivity index (χ2v) is 18.3. The zero-order chi connectivity index (χ0) is 45.8. The van der Waals surface area contributed by atoms with Crippen LogP contribution in [0.25, 0.3) is 44.5 Å². The third-order valence-corrected chi connectivity index (χ3v) is 14.9. The molecule has 0 heterocycles. The molecule has 11 aromatic carbocycles. The Bertz CT molecular complexity index is 3550. The Labute approximate surface area is 404 Å². The van der Waals surface area contributed by atoms with E-state index in [1.807, 2.05) is 0 Å². The van der Waals surface area contributed by atoms with Crippen LogP contribution in [-0.4, -0.2) is 0 Å². The minimum absolute atomic E-state index is 0.479. The highest BCUT2D eigenvalue weighted by Gasteiger charge is 2.47. The minimum atomic E-state index is -0.485. The van der Waals surface area contributed by atoms with Crippen LogP contribution in [0.2, 0.25) is 0 Å². The molecule has 13 rings (SSSR count). The normalized spacial score (nSPS) is 13.4. The summed E-state index contributed by atoms with van der Waals surface area (Å²) in [7, 11) is 0. The van der Waals surface area contributed by atoms with Gasteiger partial charge in [0.25, 0.3) is 0 Å². The van der Waals surface area contributed by atoms with Gasteiger partial charge in [-0.05, 0) is 125 Å². The van der Waals surface area contributed by atoms with Crippen LogP contribution in [0.4, 0.5) is 17.1 Å². The molecule has 2 aliphatic carbocycles. The van der Waals surface area contributed by atoms with Gasteiger partial charge in [0, 0.05) is 17.1 Å². The molecule has 0 unspecified atom stereocenters. The van der Waals surface area contributed by atoms with E-state index in [-0.39, 0.29) is 0 Å². The molecule has 0 saturated carbocycles. The van der Waals surface area contributed by atoms with Gasteiger partial charge in [0.2, 0.25) is 0 Å². The average Bonchev–Trinajstić information content (AvgIpc) is 3.91. The molecule has 0 aliphatic heterocycles. The molecule has 0 bridgehead atoms. The molecule has 1 nitrogen and oxygen atoms in total. The summed E-state index contributed by atoms with van der Waals surface area (Å²) < 4.78 is 0. The van der Waals surface area contributed by atoms with E-state index in [4.69, 9.17) is 0 Å². The van der Waals surface area contributed by atoms with Gasteiger partial charge in [0.15, 0.2) is 0 Å². The van der Waals surface area contributed by atoms with Gasteiger partial charge in [-0.3, -0.25) is 0 Å². The van der Waals surface area contributed by atoms with Gasteiger partial charge in [0.05, 0.1) is 10.8 Å². The van der Waals surface area contributed by atoms with Crippen LogP contribution in [0.3, 0.4) is 0 Å². The molecular weight excluding hydrogens is 831 g/mol. The van der Waals surface area contributed by atoms with E-state index in [0.717, 1.165) is 17.1 Å². The summed E-state index contributed by atoms with van der Waals surface area (Å²) in [6, 6.07) is 105. The lowest BCUT2D eigenvalue weighted by Gasteiger charge is -2.35. The van der Waals surface area contributed by atoms with E-state index in [2.05, 4.69) is 290 Å². The number of benzene rings is 11. The number of anilines is 3. The van der Waals surface area contributed by atoms with E-state index >= 15 is 0 Å². The molecule has 1 heteroatoms. The number of nitrogens with zero attached hydrogens (tertiary/aromatic N) is 1. The van der Waals surface area contributed by atoms with Crippen LogP contribution in [0.1, 0.15) is 44.5 Å². The van der Waals surface area contributed by atoms with Gasteiger partial charge in [-0.25, -0.2) is 0 Å². The smallest absolute Gasteiger partial charge is 0.0713 e. The Morgan fingerprint density at radius 1 is 0.203 bits per heavy atom. The highest BCUT2D eigenvalue weighted by atomic mass is 15.1. The predicted molar refractivity (Wildman–Crippen MR) is 287 cm³/mol. The Hall–Kier alpha value is -8.78. The summed E-state index contributed by atoms with van der Waals surface area (Å²) in [5.74, 6) is 0. The summed E-state index contributed by atoms with van der Waals surface area (Å²) in [5, 5.41) is 0. The van der Waals surface area contributed by atoms with E-state index < -0.39 is 10.8 Å². The lowest BCUT2D eigenvalue weighted by molar-refractivity contribution is 0.768. The molecule has 0 fully saturated rings. The lowest BCUT2D eigenvalue weighted by Crippen LogP contribution is -2.28. The molecule has 2 aliphatic rings. The van der Waals surface area contributed by atoms with Crippen molar-refractivity contribution in [1.29, 1.82) is 0 Å². The molecule has 0 aromatic heterocycles. The molecule has 0 atom stereocenters. The second kappa shape index (κ2) is 16.5. The quantitative estimate of drug-likeness (QED) is 0.140. The molecular formula is C68H47N. The first-order valence-electron chi connectivity index (χ1n) is 24.0. The monoisotopic (exact) mass is 877 g/mol. The fourth-order valence-electron chi connectivity index (χ4n) is 12.0. The van der Waals surface area contributed by atoms with Crippen molar-refractivity contribution in [3.05, 3.63) is 330 Å². The van der Waals surface area contributed by atoms with E-state index in [9.17, 15) is 0 Å². The maximum Gasteiger partial charge on any atom is 0.0713 e. The summed E-state index contributed by atoms with van der Waals surface area (Å²) in [6.45, 7) is 0. The topological polar surface area (TPSA) is 3.24 Å². The highest BCUT2D eigenvalue weighted by molar-refractivity contribution is 5.92. The molecule has 69 heavy (non-hydrogen) atoms. The molecule has 0 amide bonds. The van der Waals surface area contributed by atoms with Crippen molar-refractivity contribution in [3.8, 4) is 44.5 Å². The zero-order valence-electron chi connectivity index (χ0n) is 38.1. The van der Waals surface area contributed by atoms with E-state index in [1.165, 1.54) is 89.0 Å². The van der Waals surface area contributed by atoms with Gasteiger partial charge >= 0.3 is 0 Å². The Balaban J connectivity index is 1.00. The lowest BCUT2D eigenvalue weighted by atomic mass is 9.67. The Morgan fingerprint density at radius 3 is 0.957 bits per heavy atom. The minimum Gasteiger partial charge on any atom is -0.310 e. The largest absolute Gasteiger partial charge is 0.310 e. The van der Waals surface area contributed by atoms with Crippen LogP contribution < -0.4 is 4.90 Å². The van der Waals surface area contributed by atoms with Gasteiger partial charge in [0.1, 0.15) is 0 Å². The number of hydrogen-bond acceptors (Lipinski definition) is 1. The fourth-order valence-corrected chi connectivity index (χ4v) is 12.0. The fraction of sp³-hybridized carbons (Fsp3) is 0.0294. The van der Waals surface area contributed by atoms with Crippen LogP contribution in [0.5, 0.6) is 0 Å². The standard InChI is InChI=1S/C68H47N/c1-5-21-48(22-6-1)57-29-13-14-30-58(57)49-37-41-54(42-38-49)69(55-43-39-53(40-44-55)68(52-27-11-4-12-28-52)63-34-18-15-31-59(63)60-32-16-19-35-64(60)68)56-45-46-66-62(47-56)61-33-17-20-36-65(61)67(66,50-23-7-2-8-24-50)51-25-9-3-10-26-51/h1-47H. The number of fused-ring (bicyclic) bond motifs is 6. The maximum absolute atomic E-state index is 2.44. The van der Waals surface area contributed by atoms with Gasteiger partial charge in [-0.2, -0.15) is 0 Å². The first-order valence-corrected chi connectivity index (χ1v) is 24.0. The predicted octanol–water partition coefficient (Wildman–Crippen LogP) is 17.2. The second-order valence-electron chi connectivity index (χ2n) is 18.3. The SMILES string of the molecule is c1ccc(-c2ccccc2-c2ccc(N(c3ccc(C4(c5ccccc5)c5ccccc5-c5ccccc54)cc3)c3ccc4c(c3)-c3ccccc3C4(c3ccccc3)c3ccccc3)cc2)cc1. The molecule has 0 saturated heterocycles. The number of hydrogen-bond donors (Lipinski definition) is 0. The van der Waals surface area contributed by atoms with Crippen molar-refractivity contribution in [3.63, 3.8) is 0 Å². The summed E-state index contributed by atoms with van der Waals surface area (Å²) in [5.41, 5.74) is 22.4. The first-order chi connectivity index (χ1) is 34.2. The first kappa shape index (κ1) is 40.5. The zero-order valence-corrected chi connectivity index (χ0v) is 38.1. The van der Waals surface area contributed by atoms with Crippen LogP contribution in [0, 0.1) is 0 Å². The Morgan fingerprint density at radius 2 is 0.507 bits per heavy atom. The van der Waals surface area contributed by atoms with Crippen molar-refractivity contribution in [2.24, 2.45) is 0 Å². The van der Waals surface area contributed by atoms with Crippen LogP contribution >= 0.6 is 0 Å². The molecule has 0 N–H and O–H groups in total. The van der Waals surface area contributed by atoms with Crippen LogP contribution in [0.15, 0.2) is 285 Å². The third kappa shape index (κ3) is 6.24. The molecule has 0 spiro atoms. The molecule has 324 valence electrons. The maximum atomic E-state index is 2.44. The molecule has 11 aromatic rings. The van der Waals surface area contributed by atoms with Crippen molar-refractivity contribution < 1.29 is 0 Å². The van der Waals surface area contributed by atoms with Gasteiger partial charge in [-0.1, -0.05) is 249 Å². The summed E-state index contributed by atoms with van der Waals surface area (Å²) >= 11 is 0. The third-order valence-electron chi connectivity index (χ3n) is 14.9.